The first-order chi connectivity index (χ1) is 7.68. The summed E-state index contributed by atoms with van der Waals surface area (Å²) in [7, 11) is 2.05. The molecule has 1 aromatic carbocycles. The zero-order chi connectivity index (χ0) is 11.5. The summed E-state index contributed by atoms with van der Waals surface area (Å²) >= 11 is 0. The fourth-order valence-electron chi connectivity index (χ4n) is 2.16. The van der Waals surface area contributed by atoms with Gasteiger partial charge in [-0.05, 0) is 18.9 Å². The van der Waals surface area contributed by atoms with Gasteiger partial charge < -0.3 is 15.4 Å². The van der Waals surface area contributed by atoms with Crippen LogP contribution in [0.5, 0.6) is 0 Å². The number of fused-ring (bicyclic) bond motifs is 1. The minimum absolute atomic E-state index is 0.210. The molecular weight excluding hydrogens is 204 g/mol. The van der Waals surface area contributed by atoms with Crippen LogP contribution >= 0.6 is 0 Å². The van der Waals surface area contributed by atoms with Crippen molar-refractivity contribution in [1.82, 2.24) is 0 Å². The molecular formula is C12H16N2O2. The molecule has 1 unspecified atom stereocenters. The molecule has 86 valence electrons. The monoisotopic (exact) mass is 220 g/mol. The zero-order valence-electron chi connectivity index (χ0n) is 9.35. The standard InChI is InChI=1S/C12H16N2O2/c1-14-8-4-7-11(16-12(13)15)9-5-2-3-6-10(9)14/h2-3,5-6,11H,4,7-8H2,1H3,(H2,13,15). The molecule has 1 aliphatic rings. The van der Waals surface area contributed by atoms with Crippen molar-refractivity contribution in [3.8, 4) is 0 Å². The van der Waals surface area contributed by atoms with Gasteiger partial charge in [-0.1, -0.05) is 18.2 Å². The number of rotatable bonds is 1. The number of carbonyl (C=O) groups excluding carboxylic acids is 1. The Morgan fingerprint density at radius 2 is 2.25 bits per heavy atom. The van der Waals surface area contributed by atoms with Gasteiger partial charge >= 0.3 is 6.09 Å². The van der Waals surface area contributed by atoms with Gasteiger partial charge in [0.05, 0.1) is 0 Å². The molecule has 0 aromatic heterocycles. The van der Waals surface area contributed by atoms with Crippen molar-refractivity contribution in [2.24, 2.45) is 5.73 Å². The zero-order valence-corrected chi connectivity index (χ0v) is 9.35. The van der Waals surface area contributed by atoms with Crippen LogP contribution in [0.15, 0.2) is 24.3 Å². The SMILES string of the molecule is CN1CCCC(OC(N)=O)c2ccccc21. The van der Waals surface area contributed by atoms with Gasteiger partial charge in [-0.15, -0.1) is 0 Å². The van der Waals surface area contributed by atoms with Crippen LogP contribution in [0, 0.1) is 0 Å². The summed E-state index contributed by atoms with van der Waals surface area (Å²) in [4.78, 5) is 13.0. The van der Waals surface area contributed by atoms with E-state index >= 15 is 0 Å². The lowest BCUT2D eigenvalue weighted by Gasteiger charge is -2.20. The number of carbonyl (C=O) groups is 1. The Labute approximate surface area is 95.0 Å². The Morgan fingerprint density at radius 1 is 1.50 bits per heavy atom. The molecule has 0 radical (unpaired) electrons. The molecule has 16 heavy (non-hydrogen) atoms. The van der Waals surface area contributed by atoms with Crippen LogP contribution in [0.2, 0.25) is 0 Å². The van der Waals surface area contributed by atoms with E-state index in [0.717, 1.165) is 30.6 Å². The second kappa shape index (κ2) is 4.43. The molecule has 1 amide bonds. The molecule has 0 saturated heterocycles. The molecule has 0 fully saturated rings. The third-order valence-corrected chi connectivity index (χ3v) is 2.91. The molecule has 0 aliphatic carbocycles. The fourth-order valence-corrected chi connectivity index (χ4v) is 2.16. The summed E-state index contributed by atoms with van der Waals surface area (Å²) < 4.78 is 5.16. The highest BCUT2D eigenvalue weighted by Crippen LogP contribution is 2.34. The van der Waals surface area contributed by atoms with Gasteiger partial charge in [0.15, 0.2) is 0 Å². The summed E-state index contributed by atoms with van der Waals surface area (Å²) in [5.74, 6) is 0. The van der Waals surface area contributed by atoms with Crippen molar-refractivity contribution >= 4 is 11.8 Å². The summed E-state index contributed by atoms with van der Waals surface area (Å²) in [6, 6.07) is 7.97. The number of nitrogens with two attached hydrogens (primary N) is 1. The molecule has 2 rings (SSSR count). The van der Waals surface area contributed by atoms with Crippen molar-refractivity contribution in [3.05, 3.63) is 29.8 Å². The number of hydrogen-bond acceptors (Lipinski definition) is 3. The predicted molar refractivity (Wildman–Crippen MR) is 62.4 cm³/mol. The molecule has 0 bridgehead atoms. The average Bonchev–Trinajstić information content (AvgIpc) is 2.40. The number of ether oxygens (including phenoxy) is 1. The van der Waals surface area contributed by atoms with Gasteiger partial charge in [-0.2, -0.15) is 0 Å². The number of anilines is 1. The van der Waals surface area contributed by atoms with E-state index in [4.69, 9.17) is 10.5 Å². The lowest BCUT2D eigenvalue weighted by atomic mass is 10.0. The van der Waals surface area contributed by atoms with Crippen LogP contribution in [0.4, 0.5) is 10.5 Å². The Bertz CT molecular complexity index is 392. The van der Waals surface area contributed by atoms with Crippen molar-refractivity contribution in [2.45, 2.75) is 18.9 Å². The van der Waals surface area contributed by atoms with E-state index in [2.05, 4.69) is 4.90 Å². The summed E-state index contributed by atoms with van der Waals surface area (Å²) in [5, 5.41) is 0. The van der Waals surface area contributed by atoms with Crippen LogP contribution in [0.3, 0.4) is 0 Å². The maximum atomic E-state index is 10.9. The van der Waals surface area contributed by atoms with Crippen molar-refractivity contribution in [3.63, 3.8) is 0 Å². The summed E-state index contributed by atoms with van der Waals surface area (Å²) in [6.45, 7) is 0.968. The topological polar surface area (TPSA) is 55.6 Å². The molecule has 1 heterocycles. The Balaban J connectivity index is 2.34. The Kier molecular flexibility index (Phi) is 2.99. The van der Waals surface area contributed by atoms with E-state index in [1.54, 1.807) is 0 Å². The first kappa shape index (κ1) is 10.8. The van der Waals surface area contributed by atoms with Crippen molar-refractivity contribution in [2.75, 3.05) is 18.5 Å². The van der Waals surface area contributed by atoms with Gasteiger partial charge in [0.2, 0.25) is 0 Å². The highest BCUT2D eigenvalue weighted by molar-refractivity contribution is 5.66. The number of primary amides is 1. The minimum atomic E-state index is -0.704. The maximum Gasteiger partial charge on any atom is 0.405 e. The third kappa shape index (κ3) is 2.10. The first-order valence-corrected chi connectivity index (χ1v) is 5.44. The minimum Gasteiger partial charge on any atom is -0.441 e. The van der Waals surface area contributed by atoms with Crippen LogP contribution in [-0.4, -0.2) is 19.7 Å². The highest BCUT2D eigenvalue weighted by Gasteiger charge is 2.22. The number of hydrogen-bond donors (Lipinski definition) is 1. The lowest BCUT2D eigenvalue weighted by Crippen LogP contribution is -2.18. The second-order valence-corrected chi connectivity index (χ2v) is 4.05. The van der Waals surface area contributed by atoms with E-state index in [1.165, 1.54) is 0 Å². The molecule has 4 heteroatoms. The van der Waals surface area contributed by atoms with Crippen LogP contribution in [0.1, 0.15) is 24.5 Å². The van der Waals surface area contributed by atoms with E-state index < -0.39 is 6.09 Å². The number of amides is 1. The van der Waals surface area contributed by atoms with E-state index in [1.807, 2.05) is 31.3 Å². The quantitative estimate of drug-likeness (QED) is 0.788. The average molecular weight is 220 g/mol. The van der Waals surface area contributed by atoms with Gasteiger partial charge in [0.25, 0.3) is 0 Å². The molecule has 0 spiro atoms. The highest BCUT2D eigenvalue weighted by atomic mass is 16.6. The van der Waals surface area contributed by atoms with Gasteiger partial charge in [0.1, 0.15) is 6.10 Å². The molecule has 1 aromatic rings. The molecule has 1 atom stereocenters. The third-order valence-electron chi connectivity index (χ3n) is 2.91. The van der Waals surface area contributed by atoms with E-state index in [-0.39, 0.29) is 6.10 Å². The molecule has 0 saturated carbocycles. The largest absolute Gasteiger partial charge is 0.441 e. The molecule has 2 N–H and O–H groups in total. The summed E-state index contributed by atoms with van der Waals surface area (Å²) in [5.41, 5.74) is 7.25. The van der Waals surface area contributed by atoms with Gasteiger partial charge in [-0.3, -0.25) is 0 Å². The Morgan fingerprint density at radius 3 is 3.00 bits per heavy atom. The second-order valence-electron chi connectivity index (χ2n) is 4.05. The van der Waals surface area contributed by atoms with Crippen molar-refractivity contribution in [1.29, 1.82) is 0 Å². The van der Waals surface area contributed by atoms with Gasteiger partial charge in [-0.25, -0.2) is 4.79 Å². The van der Waals surface area contributed by atoms with Crippen LogP contribution in [-0.2, 0) is 4.74 Å². The molecule has 4 nitrogen and oxygen atoms in total. The van der Waals surface area contributed by atoms with Crippen LogP contribution < -0.4 is 10.6 Å². The Hall–Kier alpha value is -1.71. The lowest BCUT2D eigenvalue weighted by molar-refractivity contribution is 0.102. The fraction of sp³-hybridized carbons (Fsp3) is 0.417. The number of benzene rings is 1. The predicted octanol–water partition coefficient (Wildman–Crippen LogP) is 2.05. The summed E-state index contributed by atoms with van der Waals surface area (Å²) in [6.07, 6.45) is 0.899. The van der Waals surface area contributed by atoms with E-state index in [9.17, 15) is 4.79 Å². The van der Waals surface area contributed by atoms with Crippen LogP contribution in [0.25, 0.3) is 0 Å². The number of para-hydroxylation sites is 1. The normalized spacial score (nSPS) is 19.8. The van der Waals surface area contributed by atoms with Gasteiger partial charge in [0, 0.05) is 24.8 Å². The molecule has 1 aliphatic heterocycles. The first-order valence-electron chi connectivity index (χ1n) is 5.44. The van der Waals surface area contributed by atoms with E-state index in [0.29, 0.717) is 0 Å². The number of nitrogens with zero attached hydrogens (tertiary/aromatic N) is 1. The maximum absolute atomic E-state index is 10.9. The smallest absolute Gasteiger partial charge is 0.405 e. The van der Waals surface area contributed by atoms with Crippen molar-refractivity contribution < 1.29 is 9.53 Å².